The first-order valence-corrected chi connectivity index (χ1v) is 4.58. The zero-order chi connectivity index (χ0) is 9.40. The van der Waals surface area contributed by atoms with Crippen molar-refractivity contribution in [1.82, 2.24) is 0 Å². The predicted molar refractivity (Wildman–Crippen MR) is 54.1 cm³/mol. The fourth-order valence-corrected chi connectivity index (χ4v) is 1.15. The molecule has 0 rings (SSSR count). The van der Waals surface area contributed by atoms with Gasteiger partial charge in [0, 0.05) is 6.61 Å². The summed E-state index contributed by atoms with van der Waals surface area (Å²) in [6.07, 6.45) is 7.29. The lowest BCUT2D eigenvalue weighted by Gasteiger charge is -2.07. The Bertz CT molecular complexity index is 147. The smallest absolute Gasteiger partial charge is 0.0459 e. The van der Waals surface area contributed by atoms with Gasteiger partial charge in [-0.1, -0.05) is 24.6 Å². The van der Waals surface area contributed by atoms with E-state index >= 15 is 0 Å². The number of aliphatic hydroxyl groups is 1. The molecular weight excluding hydrogens is 148 g/mol. The summed E-state index contributed by atoms with van der Waals surface area (Å²) in [6, 6.07) is 0. The molecule has 0 spiro atoms. The molecule has 0 aromatic carbocycles. The fourth-order valence-electron chi connectivity index (χ4n) is 1.15. The van der Waals surface area contributed by atoms with E-state index in [1.807, 2.05) is 6.08 Å². The minimum absolute atomic E-state index is 0.284. The average Bonchev–Trinajstić information content (AvgIpc) is 2.05. The van der Waals surface area contributed by atoms with Gasteiger partial charge in [-0.2, -0.15) is 0 Å². The molecule has 1 nitrogen and oxygen atoms in total. The molecule has 0 fully saturated rings. The lowest BCUT2D eigenvalue weighted by Crippen LogP contribution is -2.00. The molecule has 0 saturated carbocycles. The van der Waals surface area contributed by atoms with Gasteiger partial charge in [-0.15, -0.1) is 6.58 Å². The number of aliphatic hydroxyl groups excluding tert-OH is 1. The van der Waals surface area contributed by atoms with E-state index in [1.165, 1.54) is 5.57 Å². The van der Waals surface area contributed by atoms with Gasteiger partial charge in [0.1, 0.15) is 0 Å². The maximum atomic E-state index is 8.81. The Balaban J connectivity index is 3.61. The molecule has 0 aliphatic rings. The van der Waals surface area contributed by atoms with Crippen molar-refractivity contribution in [2.24, 2.45) is 5.92 Å². The molecule has 1 heteroatoms. The van der Waals surface area contributed by atoms with Crippen molar-refractivity contribution in [1.29, 1.82) is 0 Å². The highest BCUT2D eigenvalue weighted by atomic mass is 16.3. The second-order valence-electron chi connectivity index (χ2n) is 3.41. The molecule has 0 aromatic rings. The zero-order valence-electron chi connectivity index (χ0n) is 8.21. The molecule has 0 aliphatic heterocycles. The molecule has 0 radical (unpaired) electrons. The minimum Gasteiger partial charge on any atom is -0.396 e. The largest absolute Gasteiger partial charge is 0.396 e. The van der Waals surface area contributed by atoms with Gasteiger partial charge < -0.3 is 5.11 Å². The number of rotatable bonds is 6. The molecule has 1 atom stereocenters. The van der Waals surface area contributed by atoms with Gasteiger partial charge in [-0.3, -0.25) is 0 Å². The van der Waals surface area contributed by atoms with Crippen LogP contribution < -0.4 is 0 Å². The lowest BCUT2D eigenvalue weighted by atomic mass is 10.0. The van der Waals surface area contributed by atoms with Crippen molar-refractivity contribution in [2.75, 3.05) is 6.61 Å². The summed E-state index contributed by atoms with van der Waals surface area (Å²) in [7, 11) is 0. The summed E-state index contributed by atoms with van der Waals surface area (Å²) in [5.74, 6) is 0.394. The molecule has 0 bridgehead atoms. The van der Waals surface area contributed by atoms with Crippen molar-refractivity contribution >= 4 is 0 Å². The second-order valence-corrected chi connectivity index (χ2v) is 3.41. The molecule has 0 heterocycles. The molecule has 0 aromatic heterocycles. The summed E-state index contributed by atoms with van der Waals surface area (Å²) < 4.78 is 0. The third kappa shape index (κ3) is 6.17. The predicted octanol–water partition coefficient (Wildman–Crippen LogP) is 2.92. The highest BCUT2D eigenvalue weighted by Crippen LogP contribution is 2.11. The first kappa shape index (κ1) is 11.4. The molecule has 12 heavy (non-hydrogen) atoms. The van der Waals surface area contributed by atoms with Gasteiger partial charge in [-0.25, -0.2) is 0 Å². The Labute approximate surface area is 75.8 Å². The van der Waals surface area contributed by atoms with Crippen molar-refractivity contribution in [3.05, 3.63) is 24.3 Å². The highest BCUT2D eigenvalue weighted by molar-refractivity contribution is 4.99. The van der Waals surface area contributed by atoms with Crippen molar-refractivity contribution in [2.45, 2.75) is 33.1 Å². The number of hydrogen-bond donors (Lipinski definition) is 1. The van der Waals surface area contributed by atoms with Crippen LogP contribution >= 0.6 is 0 Å². The van der Waals surface area contributed by atoms with E-state index in [0.717, 1.165) is 19.3 Å². The van der Waals surface area contributed by atoms with E-state index in [1.54, 1.807) is 0 Å². The Kier molecular flexibility index (Phi) is 6.78. The quantitative estimate of drug-likeness (QED) is 0.477. The summed E-state index contributed by atoms with van der Waals surface area (Å²) >= 11 is 0. The molecule has 0 unspecified atom stereocenters. The first-order chi connectivity index (χ1) is 5.70. The molecule has 0 aliphatic carbocycles. The Morgan fingerprint density at radius 2 is 2.17 bits per heavy atom. The van der Waals surface area contributed by atoms with Crippen LogP contribution in [0.1, 0.15) is 33.1 Å². The van der Waals surface area contributed by atoms with Gasteiger partial charge >= 0.3 is 0 Å². The number of allylic oxidation sites excluding steroid dienone is 3. The number of hydrogen-bond acceptors (Lipinski definition) is 1. The van der Waals surface area contributed by atoms with Crippen LogP contribution in [-0.2, 0) is 0 Å². The van der Waals surface area contributed by atoms with Gasteiger partial charge in [-0.05, 0) is 32.1 Å². The van der Waals surface area contributed by atoms with Crippen LogP contribution in [0.4, 0.5) is 0 Å². The average molecular weight is 168 g/mol. The SMILES string of the molecule is C=CCC/C=C(\C)C[C@@H](C)CO. The zero-order valence-corrected chi connectivity index (χ0v) is 8.21. The lowest BCUT2D eigenvalue weighted by molar-refractivity contribution is 0.237. The van der Waals surface area contributed by atoms with Crippen LogP contribution in [0.2, 0.25) is 0 Å². The third-order valence-corrected chi connectivity index (χ3v) is 1.85. The monoisotopic (exact) mass is 168 g/mol. The topological polar surface area (TPSA) is 20.2 Å². The Hall–Kier alpha value is -0.560. The van der Waals surface area contributed by atoms with Gasteiger partial charge in [0.25, 0.3) is 0 Å². The van der Waals surface area contributed by atoms with E-state index in [-0.39, 0.29) is 6.61 Å². The Morgan fingerprint density at radius 3 is 2.67 bits per heavy atom. The minimum atomic E-state index is 0.284. The normalized spacial score (nSPS) is 14.4. The summed E-state index contributed by atoms with van der Waals surface area (Å²) in [5, 5.41) is 8.81. The highest BCUT2D eigenvalue weighted by Gasteiger charge is 1.99. The van der Waals surface area contributed by atoms with Crippen molar-refractivity contribution in [3.63, 3.8) is 0 Å². The molecule has 0 amide bonds. The molecule has 0 saturated heterocycles. The van der Waals surface area contributed by atoms with E-state index in [2.05, 4.69) is 26.5 Å². The molecule has 70 valence electrons. The van der Waals surface area contributed by atoms with E-state index in [0.29, 0.717) is 5.92 Å². The van der Waals surface area contributed by atoms with Gasteiger partial charge in [0.15, 0.2) is 0 Å². The van der Waals surface area contributed by atoms with Crippen LogP contribution in [0.5, 0.6) is 0 Å². The number of unbranched alkanes of at least 4 members (excludes halogenated alkanes) is 1. The summed E-state index contributed by atoms with van der Waals surface area (Å²) in [5.41, 5.74) is 1.37. The summed E-state index contributed by atoms with van der Waals surface area (Å²) in [4.78, 5) is 0. The summed E-state index contributed by atoms with van der Waals surface area (Å²) in [6.45, 7) is 8.13. The van der Waals surface area contributed by atoms with E-state index < -0.39 is 0 Å². The van der Waals surface area contributed by atoms with Crippen LogP contribution in [0, 0.1) is 5.92 Å². The van der Waals surface area contributed by atoms with Crippen LogP contribution in [0.3, 0.4) is 0 Å². The molecular formula is C11H20O. The first-order valence-electron chi connectivity index (χ1n) is 4.58. The maximum absolute atomic E-state index is 8.81. The third-order valence-electron chi connectivity index (χ3n) is 1.85. The van der Waals surface area contributed by atoms with Crippen LogP contribution in [0.15, 0.2) is 24.3 Å². The van der Waals surface area contributed by atoms with Crippen LogP contribution in [-0.4, -0.2) is 11.7 Å². The van der Waals surface area contributed by atoms with Crippen molar-refractivity contribution < 1.29 is 5.11 Å². The fraction of sp³-hybridized carbons (Fsp3) is 0.636. The Morgan fingerprint density at radius 1 is 1.50 bits per heavy atom. The standard InChI is InChI=1S/C11H20O/c1-4-5-6-7-10(2)8-11(3)9-12/h4,7,11-12H,1,5-6,8-9H2,2-3H3/b10-7+/t11-/m1/s1. The maximum Gasteiger partial charge on any atom is 0.0459 e. The molecule has 1 N–H and O–H groups in total. The van der Waals surface area contributed by atoms with E-state index in [9.17, 15) is 0 Å². The second kappa shape index (κ2) is 7.11. The van der Waals surface area contributed by atoms with Crippen LogP contribution in [0.25, 0.3) is 0 Å². The van der Waals surface area contributed by atoms with Crippen molar-refractivity contribution in [3.8, 4) is 0 Å². The van der Waals surface area contributed by atoms with E-state index in [4.69, 9.17) is 5.11 Å². The van der Waals surface area contributed by atoms with Gasteiger partial charge in [0.05, 0.1) is 0 Å². The van der Waals surface area contributed by atoms with Gasteiger partial charge in [0.2, 0.25) is 0 Å².